The molecule has 1 aliphatic carbocycles. The van der Waals surface area contributed by atoms with Crippen molar-refractivity contribution in [3.05, 3.63) is 0 Å². The van der Waals surface area contributed by atoms with Crippen LogP contribution in [0.4, 0.5) is 4.79 Å². The van der Waals surface area contributed by atoms with Gasteiger partial charge in [-0.1, -0.05) is 6.92 Å². The minimum absolute atomic E-state index is 0.00949. The SMILES string of the molecule is CC1CNCC1NC(=O)NC1CCC1. The van der Waals surface area contributed by atoms with Crippen LogP contribution in [0.25, 0.3) is 0 Å². The Kier molecular flexibility index (Phi) is 2.91. The molecule has 1 saturated carbocycles. The van der Waals surface area contributed by atoms with Gasteiger partial charge in [-0.2, -0.15) is 0 Å². The summed E-state index contributed by atoms with van der Waals surface area (Å²) in [7, 11) is 0. The summed E-state index contributed by atoms with van der Waals surface area (Å²) in [5.41, 5.74) is 0. The number of carbonyl (C=O) groups excluding carboxylic acids is 1. The molecule has 2 unspecified atom stereocenters. The smallest absolute Gasteiger partial charge is 0.315 e. The average molecular weight is 197 g/mol. The van der Waals surface area contributed by atoms with Gasteiger partial charge in [-0.15, -0.1) is 0 Å². The first-order valence-electron chi connectivity index (χ1n) is 5.53. The van der Waals surface area contributed by atoms with E-state index >= 15 is 0 Å². The van der Waals surface area contributed by atoms with Crippen molar-refractivity contribution in [3.8, 4) is 0 Å². The van der Waals surface area contributed by atoms with E-state index in [9.17, 15) is 4.79 Å². The van der Waals surface area contributed by atoms with Crippen molar-refractivity contribution in [2.75, 3.05) is 13.1 Å². The molecule has 2 atom stereocenters. The number of hydrogen-bond acceptors (Lipinski definition) is 2. The summed E-state index contributed by atoms with van der Waals surface area (Å²) < 4.78 is 0. The van der Waals surface area contributed by atoms with Gasteiger partial charge in [-0.3, -0.25) is 0 Å². The second-order valence-corrected chi connectivity index (χ2v) is 4.49. The third-order valence-electron chi connectivity index (χ3n) is 3.27. The highest BCUT2D eigenvalue weighted by atomic mass is 16.2. The zero-order chi connectivity index (χ0) is 9.97. The fourth-order valence-electron chi connectivity index (χ4n) is 1.95. The summed E-state index contributed by atoms with van der Waals surface area (Å²) >= 11 is 0. The van der Waals surface area contributed by atoms with E-state index in [1.54, 1.807) is 0 Å². The molecule has 0 aromatic heterocycles. The molecular weight excluding hydrogens is 178 g/mol. The second-order valence-electron chi connectivity index (χ2n) is 4.49. The van der Waals surface area contributed by atoms with Crippen molar-refractivity contribution in [1.82, 2.24) is 16.0 Å². The molecule has 2 rings (SSSR count). The van der Waals surface area contributed by atoms with Crippen LogP contribution in [0.5, 0.6) is 0 Å². The third kappa shape index (κ3) is 2.18. The number of rotatable bonds is 2. The van der Waals surface area contributed by atoms with Crippen LogP contribution in [0.2, 0.25) is 0 Å². The number of urea groups is 1. The summed E-state index contributed by atoms with van der Waals surface area (Å²) in [6.07, 6.45) is 3.55. The summed E-state index contributed by atoms with van der Waals surface area (Å²) in [5, 5.41) is 9.27. The Labute approximate surface area is 84.8 Å². The zero-order valence-corrected chi connectivity index (χ0v) is 8.68. The first-order chi connectivity index (χ1) is 6.75. The Bertz CT molecular complexity index is 215. The van der Waals surface area contributed by atoms with E-state index in [1.807, 2.05) is 0 Å². The van der Waals surface area contributed by atoms with Gasteiger partial charge in [0.15, 0.2) is 0 Å². The highest BCUT2D eigenvalue weighted by Gasteiger charge is 2.26. The normalized spacial score (nSPS) is 32.4. The van der Waals surface area contributed by atoms with Gasteiger partial charge in [0.2, 0.25) is 0 Å². The lowest BCUT2D eigenvalue weighted by molar-refractivity contribution is 0.223. The minimum Gasteiger partial charge on any atom is -0.335 e. The first kappa shape index (κ1) is 9.77. The first-order valence-corrected chi connectivity index (χ1v) is 5.53. The van der Waals surface area contributed by atoms with Crippen molar-refractivity contribution in [2.45, 2.75) is 38.3 Å². The predicted octanol–water partition coefficient (Wildman–Crippen LogP) is 0.446. The van der Waals surface area contributed by atoms with Gasteiger partial charge >= 0.3 is 6.03 Å². The lowest BCUT2D eigenvalue weighted by Crippen LogP contribution is -2.50. The molecule has 3 N–H and O–H groups in total. The molecule has 0 spiro atoms. The number of nitrogens with one attached hydrogen (secondary N) is 3. The summed E-state index contributed by atoms with van der Waals surface area (Å²) in [6, 6.07) is 0.741. The second kappa shape index (κ2) is 4.17. The molecule has 4 heteroatoms. The molecule has 2 amide bonds. The maximum atomic E-state index is 11.5. The Hall–Kier alpha value is -0.770. The van der Waals surface area contributed by atoms with Gasteiger partial charge in [0.25, 0.3) is 0 Å². The molecule has 1 heterocycles. The van der Waals surface area contributed by atoms with Crippen molar-refractivity contribution in [1.29, 1.82) is 0 Å². The molecule has 1 saturated heterocycles. The Morgan fingerprint density at radius 2 is 2.07 bits per heavy atom. The topological polar surface area (TPSA) is 53.2 Å². The maximum absolute atomic E-state index is 11.5. The summed E-state index contributed by atoms with van der Waals surface area (Å²) in [6.45, 7) is 4.07. The molecule has 0 radical (unpaired) electrons. The fraction of sp³-hybridized carbons (Fsp3) is 0.900. The lowest BCUT2D eigenvalue weighted by atomic mass is 9.93. The Balaban J connectivity index is 1.70. The summed E-state index contributed by atoms with van der Waals surface area (Å²) in [4.78, 5) is 11.5. The van der Waals surface area contributed by atoms with Crippen LogP contribution in [0.15, 0.2) is 0 Å². The van der Waals surface area contributed by atoms with E-state index in [1.165, 1.54) is 6.42 Å². The average Bonchev–Trinajstić information content (AvgIpc) is 2.45. The van der Waals surface area contributed by atoms with Gasteiger partial charge in [0.1, 0.15) is 0 Å². The number of carbonyl (C=O) groups is 1. The van der Waals surface area contributed by atoms with Crippen molar-refractivity contribution < 1.29 is 4.79 Å². The van der Waals surface area contributed by atoms with E-state index in [0.29, 0.717) is 18.0 Å². The lowest BCUT2D eigenvalue weighted by Gasteiger charge is -2.27. The Morgan fingerprint density at radius 3 is 2.57 bits per heavy atom. The van der Waals surface area contributed by atoms with Gasteiger partial charge < -0.3 is 16.0 Å². The van der Waals surface area contributed by atoms with Crippen LogP contribution in [-0.2, 0) is 0 Å². The maximum Gasteiger partial charge on any atom is 0.315 e. The van der Waals surface area contributed by atoms with Crippen LogP contribution in [0.3, 0.4) is 0 Å². The molecule has 2 aliphatic rings. The van der Waals surface area contributed by atoms with Gasteiger partial charge in [-0.05, 0) is 31.7 Å². The van der Waals surface area contributed by atoms with Crippen molar-refractivity contribution in [3.63, 3.8) is 0 Å². The van der Waals surface area contributed by atoms with Crippen LogP contribution in [0.1, 0.15) is 26.2 Å². The van der Waals surface area contributed by atoms with Crippen LogP contribution in [0, 0.1) is 5.92 Å². The third-order valence-corrected chi connectivity index (χ3v) is 3.27. The molecule has 2 fully saturated rings. The Morgan fingerprint density at radius 1 is 1.29 bits per heavy atom. The molecule has 0 aromatic rings. The van der Waals surface area contributed by atoms with E-state index in [0.717, 1.165) is 25.9 Å². The van der Waals surface area contributed by atoms with Gasteiger partial charge in [-0.25, -0.2) is 4.79 Å². The number of hydrogen-bond donors (Lipinski definition) is 3. The van der Waals surface area contributed by atoms with Crippen LogP contribution in [-0.4, -0.2) is 31.2 Å². The number of amides is 2. The minimum atomic E-state index is 0.00949. The monoisotopic (exact) mass is 197 g/mol. The van der Waals surface area contributed by atoms with Crippen LogP contribution < -0.4 is 16.0 Å². The van der Waals surface area contributed by atoms with Crippen molar-refractivity contribution >= 4 is 6.03 Å². The molecule has 0 aromatic carbocycles. The zero-order valence-electron chi connectivity index (χ0n) is 8.68. The largest absolute Gasteiger partial charge is 0.335 e. The molecule has 80 valence electrons. The standard InChI is InChI=1S/C10H19N3O/c1-7-5-11-6-9(7)13-10(14)12-8-3-2-4-8/h7-9,11H,2-6H2,1H3,(H2,12,13,14). The van der Waals surface area contributed by atoms with Gasteiger partial charge in [0, 0.05) is 18.6 Å². The predicted molar refractivity (Wildman–Crippen MR) is 55.1 cm³/mol. The molecular formula is C10H19N3O. The molecule has 0 bridgehead atoms. The van der Waals surface area contributed by atoms with E-state index in [4.69, 9.17) is 0 Å². The highest BCUT2D eigenvalue weighted by Crippen LogP contribution is 2.17. The summed E-state index contributed by atoms with van der Waals surface area (Å²) in [5.74, 6) is 0.544. The van der Waals surface area contributed by atoms with Gasteiger partial charge in [0.05, 0.1) is 0 Å². The quantitative estimate of drug-likeness (QED) is 0.602. The molecule has 1 aliphatic heterocycles. The molecule has 14 heavy (non-hydrogen) atoms. The highest BCUT2D eigenvalue weighted by molar-refractivity contribution is 5.74. The van der Waals surface area contributed by atoms with E-state index in [2.05, 4.69) is 22.9 Å². The fourth-order valence-corrected chi connectivity index (χ4v) is 1.95. The van der Waals surface area contributed by atoms with Crippen LogP contribution >= 0.6 is 0 Å². The molecule has 4 nitrogen and oxygen atoms in total. The van der Waals surface area contributed by atoms with E-state index < -0.39 is 0 Å². The van der Waals surface area contributed by atoms with E-state index in [-0.39, 0.29) is 6.03 Å². The van der Waals surface area contributed by atoms with Crippen molar-refractivity contribution in [2.24, 2.45) is 5.92 Å².